The highest BCUT2D eigenvalue weighted by Crippen LogP contribution is 2.23. The van der Waals surface area contributed by atoms with Crippen molar-refractivity contribution >= 4 is 5.91 Å². The minimum atomic E-state index is -4.40. The van der Waals surface area contributed by atoms with Crippen LogP contribution in [0.4, 0.5) is 13.2 Å². The summed E-state index contributed by atoms with van der Waals surface area (Å²) in [6.07, 6.45) is -3.19. The molecule has 0 unspecified atom stereocenters. The molecule has 1 heterocycles. The van der Waals surface area contributed by atoms with Crippen LogP contribution >= 0.6 is 0 Å². The summed E-state index contributed by atoms with van der Waals surface area (Å²) in [6.45, 7) is 1.35. The molecule has 6 heteroatoms. The highest BCUT2D eigenvalue weighted by atomic mass is 19.4. The van der Waals surface area contributed by atoms with Crippen molar-refractivity contribution in [2.75, 3.05) is 19.8 Å². The number of alkyl halides is 3. The summed E-state index contributed by atoms with van der Waals surface area (Å²) in [5, 5.41) is 0. The van der Waals surface area contributed by atoms with E-state index in [2.05, 4.69) is 0 Å². The van der Waals surface area contributed by atoms with E-state index in [1.165, 1.54) is 0 Å². The summed E-state index contributed by atoms with van der Waals surface area (Å²) >= 11 is 0. The van der Waals surface area contributed by atoms with Crippen LogP contribution in [-0.4, -0.2) is 42.8 Å². The van der Waals surface area contributed by atoms with Gasteiger partial charge in [0.15, 0.2) is 0 Å². The SMILES string of the molecule is Cc1ccccc1CC(=O)N(CC(F)(F)F)[C@@H]1CCCOC1. The molecule has 1 aliphatic heterocycles. The fourth-order valence-corrected chi connectivity index (χ4v) is 2.66. The van der Waals surface area contributed by atoms with Crippen molar-refractivity contribution in [3.8, 4) is 0 Å². The second-order valence-corrected chi connectivity index (χ2v) is 5.61. The molecule has 3 nitrogen and oxygen atoms in total. The molecule has 0 aliphatic carbocycles. The van der Waals surface area contributed by atoms with E-state index in [0.717, 1.165) is 16.0 Å². The third kappa shape index (κ3) is 4.73. The van der Waals surface area contributed by atoms with Crippen molar-refractivity contribution in [3.63, 3.8) is 0 Å². The number of aryl methyl sites for hydroxylation is 1. The number of carbonyl (C=O) groups is 1. The maximum Gasteiger partial charge on any atom is 0.406 e. The van der Waals surface area contributed by atoms with Gasteiger partial charge in [0.05, 0.1) is 19.1 Å². The quantitative estimate of drug-likeness (QED) is 0.854. The molecule has 0 spiro atoms. The lowest BCUT2D eigenvalue weighted by Crippen LogP contribution is -2.49. The van der Waals surface area contributed by atoms with E-state index in [9.17, 15) is 18.0 Å². The van der Waals surface area contributed by atoms with E-state index in [1.54, 1.807) is 12.1 Å². The fraction of sp³-hybridized carbons (Fsp3) is 0.562. The van der Waals surface area contributed by atoms with E-state index >= 15 is 0 Å². The number of nitrogens with zero attached hydrogens (tertiary/aromatic N) is 1. The lowest BCUT2D eigenvalue weighted by molar-refractivity contribution is -0.169. The van der Waals surface area contributed by atoms with E-state index in [1.807, 2.05) is 19.1 Å². The van der Waals surface area contributed by atoms with Gasteiger partial charge in [-0.15, -0.1) is 0 Å². The maximum absolute atomic E-state index is 12.8. The van der Waals surface area contributed by atoms with Crippen molar-refractivity contribution in [3.05, 3.63) is 35.4 Å². The largest absolute Gasteiger partial charge is 0.406 e. The molecule has 1 aromatic rings. The molecule has 1 atom stereocenters. The maximum atomic E-state index is 12.8. The van der Waals surface area contributed by atoms with Crippen LogP contribution in [0, 0.1) is 6.92 Å². The Morgan fingerprint density at radius 3 is 2.68 bits per heavy atom. The third-order valence-electron chi connectivity index (χ3n) is 3.85. The van der Waals surface area contributed by atoms with E-state index in [4.69, 9.17) is 4.74 Å². The summed E-state index contributed by atoms with van der Waals surface area (Å²) in [4.78, 5) is 13.3. The Morgan fingerprint density at radius 2 is 2.09 bits per heavy atom. The van der Waals surface area contributed by atoms with Crippen LogP contribution in [0.25, 0.3) is 0 Å². The molecule has 1 aliphatic rings. The standard InChI is InChI=1S/C16H20F3NO2/c1-12-5-2-3-6-13(12)9-15(21)20(11-16(17,18)19)14-7-4-8-22-10-14/h2-3,5-6,14H,4,7-11H2,1H3/t14-/m1/s1. The number of amides is 1. The van der Waals surface area contributed by atoms with Crippen LogP contribution in [0.3, 0.4) is 0 Å². The number of hydrogen-bond acceptors (Lipinski definition) is 2. The van der Waals surface area contributed by atoms with Crippen LogP contribution < -0.4 is 0 Å². The normalized spacial score (nSPS) is 19.0. The first-order valence-electron chi connectivity index (χ1n) is 7.35. The average Bonchev–Trinajstić information content (AvgIpc) is 2.47. The summed E-state index contributed by atoms with van der Waals surface area (Å²) in [5.41, 5.74) is 1.67. The number of rotatable bonds is 4. The van der Waals surface area contributed by atoms with Crippen molar-refractivity contribution < 1.29 is 22.7 Å². The van der Waals surface area contributed by atoms with Gasteiger partial charge >= 0.3 is 6.18 Å². The van der Waals surface area contributed by atoms with Gasteiger partial charge in [0.2, 0.25) is 5.91 Å². The molecule has 0 aromatic heterocycles. The molecule has 0 saturated carbocycles. The zero-order valence-corrected chi connectivity index (χ0v) is 12.5. The minimum absolute atomic E-state index is 0.0146. The Hall–Kier alpha value is -1.56. The predicted octanol–water partition coefficient (Wildman–Crippen LogP) is 3.11. The molecule has 1 saturated heterocycles. The van der Waals surface area contributed by atoms with Gasteiger partial charge in [-0.2, -0.15) is 13.2 Å². The average molecular weight is 315 g/mol. The Kier molecular flexibility index (Phi) is 5.45. The lowest BCUT2D eigenvalue weighted by atomic mass is 10.0. The molecular formula is C16H20F3NO2. The number of halogens is 3. The Balaban J connectivity index is 2.12. The lowest BCUT2D eigenvalue weighted by Gasteiger charge is -2.35. The van der Waals surface area contributed by atoms with Crippen molar-refractivity contribution in [1.29, 1.82) is 0 Å². The monoisotopic (exact) mass is 315 g/mol. The molecule has 0 N–H and O–H groups in total. The van der Waals surface area contributed by atoms with E-state index in [-0.39, 0.29) is 13.0 Å². The second kappa shape index (κ2) is 7.13. The molecule has 0 radical (unpaired) electrons. The number of ether oxygens (including phenoxy) is 1. The Bertz CT molecular complexity index is 510. The van der Waals surface area contributed by atoms with Crippen molar-refractivity contribution in [2.24, 2.45) is 0 Å². The molecule has 1 fully saturated rings. The van der Waals surface area contributed by atoms with Crippen LogP contribution in [0.5, 0.6) is 0 Å². The Labute approximate surface area is 128 Å². The van der Waals surface area contributed by atoms with Gasteiger partial charge in [0.1, 0.15) is 6.54 Å². The summed E-state index contributed by atoms with van der Waals surface area (Å²) in [6, 6.07) is 6.75. The summed E-state index contributed by atoms with van der Waals surface area (Å²) in [5.74, 6) is -0.498. The molecule has 122 valence electrons. The van der Waals surface area contributed by atoms with E-state index in [0.29, 0.717) is 19.4 Å². The molecule has 1 amide bonds. The highest BCUT2D eigenvalue weighted by Gasteiger charge is 2.37. The minimum Gasteiger partial charge on any atom is -0.379 e. The first-order chi connectivity index (χ1) is 10.4. The van der Waals surface area contributed by atoms with Crippen LogP contribution in [0.1, 0.15) is 24.0 Å². The molecular weight excluding hydrogens is 295 g/mol. The van der Waals surface area contributed by atoms with Crippen molar-refractivity contribution in [1.82, 2.24) is 4.90 Å². The van der Waals surface area contributed by atoms with Gasteiger partial charge in [-0.1, -0.05) is 24.3 Å². The highest BCUT2D eigenvalue weighted by molar-refractivity contribution is 5.79. The summed E-state index contributed by atoms with van der Waals surface area (Å²) < 4.78 is 43.7. The van der Waals surface area contributed by atoms with E-state index < -0.39 is 24.7 Å². The first kappa shape index (κ1) is 16.8. The number of carbonyl (C=O) groups excluding carboxylic acids is 1. The molecule has 1 aromatic carbocycles. The molecule has 0 bridgehead atoms. The number of benzene rings is 1. The van der Waals surface area contributed by atoms with Gasteiger partial charge in [0.25, 0.3) is 0 Å². The first-order valence-corrected chi connectivity index (χ1v) is 7.35. The smallest absolute Gasteiger partial charge is 0.379 e. The third-order valence-corrected chi connectivity index (χ3v) is 3.85. The second-order valence-electron chi connectivity index (χ2n) is 5.61. The van der Waals surface area contributed by atoms with Crippen LogP contribution in [0.15, 0.2) is 24.3 Å². The van der Waals surface area contributed by atoms with Crippen molar-refractivity contribution in [2.45, 2.75) is 38.4 Å². The molecule has 22 heavy (non-hydrogen) atoms. The van der Waals surface area contributed by atoms with Crippen LogP contribution in [-0.2, 0) is 16.0 Å². The van der Waals surface area contributed by atoms with Crippen LogP contribution in [0.2, 0.25) is 0 Å². The fourth-order valence-electron chi connectivity index (χ4n) is 2.66. The topological polar surface area (TPSA) is 29.5 Å². The number of hydrogen-bond donors (Lipinski definition) is 0. The van der Waals surface area contributed by atoms with Gasteiger partial charge < -0.3 is 9.64 Å². The van der Waals surface area contributed by atoms with Gasteiger partial charge in [-0.3, -0.25) is 4.79 Å². The van der Waals surface area contributed by atoms with Gasteiger partial charge in [-0.25, -0.2) is 0 Å². The van der Waals surface area contributed by atoms with Gasteiger partial charge in [0, 0.05) is 6.61 Å². The zero-order chi connectivity index (χ0) is 16.2. The zero-order valence-electron chi connectivity index (χ0n) is 12.5. The Morgan fingerprint density at radius 1 is 1.36 bits per heavy atom. The molecule has 2 rings (SSSR count). The van der Waals surface area contributed by atoms with Gasteiger partial charge in [-0.05, 0) is 30.9 Å². The predicted molar refractivity (Wildman–Crippen MR) is 76.5 cm³/mol. The summed E-state index contributed by atoms with van der Waals surface area (Å²) in [7, 11) is 0.